The fraction of sp³-hybridized carbons (Fsp3) is 0.708. The van der Waals surface area contributed by atoms with Gasteiger partial charge in [0.2, 0.25) is 17.7 Å². The smallest absolute Gasteiger partial charge is 0.353 e. The summed E-state index contributed by atoms with van der Waals surface area (Å²) in [4.78, 5) is 54.4. The normalized spacial score (nSPS) is 33.7. The van der Waals surface area contributed by atoms with Gasteiger partial charge >= 0.3 is 5.97 Å². The molecule has 3 fully saturated rings. The number of carboxylic acids is 1. The van der Waals surface area contributed by atoms with E-state index in [9.17, 15) is 28.7 Å². The van der Waals surface area contributed by atoms with Crippen LogP contribution in [0.1, 0.15) is 33.6 Å². The highest BCUT2D eigenvalue weighted by molar-refractivity contribution is 8.03. The zero-order chi connectivity index (χ0) is 28.9. The van der Waals surface area contributed by atoms with Crippen molar-refractivity contribution in [3.8, 4) is 0 Å². The van der Waals surface area contributed by atoms with Crippen LogP contribution >= 0.6 is 11.8 Å². The number of tetrazole rings is 1. The number of carbonyl (C=O) groups is 4. The van der Waals surface area contributed by atoms with Gasteiger partial charge in [-0.15, -0.1) is 16.9 Å². The number of alkyl halides is 1. The quantitative estimate of drug-likeness (QED) is 0.272. The Balaban J connectivity index is 1.20. The molecule has 5 rings (SSSR count). The summed E-state index contributed by atoms with van der Waals surface area (Å²) in [6.07, 6.45) is 1.67. The zero-order valence-electron chi connectivity index (χ0n) is 22.5. The van der Waals surface area contributed by atoms with Crippen molar-refractivity contribution in [3.63, 3.8) is 0 Å². The lowest BCUT2D eigenvalue weighted by Gasteiger charge is -2.26. The van der Waals surface area contributed by atoms with E-state index in [2.05, 4.69) is 26.2 Å². The lowest BCUT2D eigenvalue weighted by atomic mass is 10.1. The van der Waals surface area contributed by atoms with Gasteiger partial charge in [-0.25, -0.2) is 13.9 Å². The molecule has 8 atom stereocenters. The molecule has 2 saturated heterocycles. The molecule has 218 valence electrons. The van der Waals surface area contributed by atoms with Crippen LogP contribution < -0.4 is 16.4 Å². The van der Waals surface area contributed by atoms with Crippen LogP contribution in [0.2, 0.25) is 0 Å². The second-order valence-electron chi connectivity index (χ2n) is 11.2. The Morgan fingerprint density at radius 2 is 2.10 bits per heavy atom. The van der Waals surface area contributed by atoms with Gasteiger partial charge in [-0.3, -0.25) is 14.4 Å². The Hall–Kier alpha value is -3.11. The van der Waals surface area contributed by atoms with Gasteiger partial charge in [0.05, 0.1) is 12.6 Å². The van der Waals surface area contributed by atoms with Crippen molar-refractivity contribution in [1.82, 2.24) is 40.6 Å². The number of likely N-dealkylation sites (tertiary alicyclic amines) is 1. The number of halogens is 1. The van der Waals surface area contributed by atoms with Gasteiger partial charge < -0.3 is 31.3 Å². The van der Waals surface area contributed by atoms with Crippen molar-refractivity contribution < 1.29 is 28.7 Å². The number of piperidine rings is 1. The molecule has 0 spiro atoms. The molecule has 1 aliphatic carbocycles. The number of amides is 3. The van der Waals surface area contributed by atoms with E-state index in [0.717, 1.165) is 0 Å². The third-order valence-corrected chi connectivity index (χ3v) is 9.93. The lowest BCUT2D eigenvalue weighted by molar-refractivity contribution is -0.140. The molecule has 1 saturated carbocycles. The number of rotatable bonds is 9. The van der Waals surface area contributed by atoms with Crippen LogP contribution in [-0.4, -0.2) is 114 Å². The summed E-state index contributed by atoms with van der Waals surface area (Å²) in [5.41, 5.74) is 4.23. The summed E-state index contributed by atoms with van der Waals surface area (Å²) in [6, 6.07) is -1.93. The SMILES string of the molecule is C[C@H](CC(=O)N1C(C(=O)O)=C(S[C@@H]2CN[C@H](C(=O)N3CC4C(N)[C@@]4(F)C3)C2)[C@H](C)[C@@H]1C)NC(=O)Cn1cnnn1. The minimum Gasteiger partial charge on any atom is -0.477 e. The molecule has 0 bridgehead atoms. The van der Waals surface area contributed by atoms with Crippen molar-refractivity contribution >= 4 is 35.5 Å². The number of nitrogens with one attached hydrogen (secondary N) is 2. The number of hydrogen-bond donors (Lipinski definition) is 4. The third kappa shape index (κ3) is 5.19. The molecule has 4 aliphatic rings. The maximum Gasteiger partial charge on any atom is 0.353 e. The van der Waals surface area contributed by atoms with Crippen molar-refractivity contribution in [3.05, 3.63) is 16.9 Å². The second-order valence-corrected chi connectivity index (χ2v) is 12.5. The van der Waals surface area contributed by atoms with Gasteiger partial charge in [0, 0.05) is 59.6 Å². The van der Waals surface area contributed by atoms with Crippen LogP contribution in [0, 0.1) is 11.8 Å². The van der Waals surface area contributed by atoms with Gasteiger partial charge in [-0.05, 0) is 30.7 Å². The van der Waals surface area contributed by atoms with Gasteiger partial charge in [-0.1, -0.05) is 6.92 Å². The third-order valence-electron chi connectivity index (χ3n) is 8.41. The van der Waals surface area contributed by atoms with Crippen LogP contribution in [0.25, 0.3) is 0 Å². The topological polar surface area (TPSA) is 189 Å². The number of carboxylic acid groups (broad SMARTS) is 1. The highest BCUT2D eigenvalue weighted by Crippen LogP contribution is 2.52. The van der Waals surface area contributed by atoms with E-state index in [1.54, 1.807) is 13.8 Å². The molecule has 3 amide bonds. The first-order chi connectivity index (χ1) is 18.9. The maximum absolute atomic E-state index is 14.6. The molecule has 3 aliphatic heterocycles. The predicted molar refractivity (Wildman–Crippen MR) is 140 cm³/mol. The summed E-state index contributed by atoms with van der Waals surface area (Å²) >= 11 is 1.37. The van der Waals surface area contributed by atoms with Crippen molar-refractivity contribution in [2.75, 3.05) is 19.6 Å². The number of thioether (sulfide) groups is 1. The molecule has 0 aromatic carbocycles. The summed E-state index contributed by atoms with van der Waals surface area (Å²) in [7, 11) is 0. The van der Waals surface area contributed by atoms with E-state index in [1.807, 2.05) is 6.92 Å². The van der Waals surface area contributed by atoms with Crippen molar-refractivity contribution in [2.45, 2.75) is 75.2 Å². The highest BCUT2D eigenvalue weighted by Gasteiger charge is 2.70. The molecule has 5 N–H and O–H groups in total. The molecule has 4 heterocycles. The van der Waals surface area contributed by atoms with Crippen molar-refractivity contribution in [2.24, 2.45) is 17.6 Å². The first-order valence-corrected chi connectivity index (χ1v) is 14.2. The van der Waals surface area contributed by atoms with E-state index in [-0.39, 0.29) is 54.1 Å². The fourth-order valence-corrected chi connectivity index (χ4v) is 7.52. The monoisotopic (exact) mass is 579 g/mol. The largest absolute Gasteiger partial charge is 0.477 e. The van der Waals surface area contributed by atoms with Crippen molar-refractivity contribution in [1.29, 1.82) is 0 Å². The summed E-state index contributed by atoms with van der Waals surface area (Å²) in [5.74, 6) is -2.69. The van der Waals surface area contributed by atoms with Crippen LogP contribution in [-0.2, 0) is 25.7 Å². The van der Waals surface area contributed by atoms with E-state index < -0.39 is 41.7 Å². The Labute approximate surface area is 234 Å². The minimum absolute atomic E-state index is 0.0180. The Kier molecular flexibility index (Phi) is 7.60. The molecule has 1 aromatic rings. The molecule has 2 unspecified atom stereocenters. The van der Waals surface area contributed by atoms with Crippen LogP contribution in [0.4, 0.5) is 4.39 Å². The highest BCUT2D eigenvalue weighted by atomic mass is 32.2. The minimum atomic E-state index is -1.47. The fourth-order valence-electron chi connectivity index (χ4n) is 5.98. The van der Waals surface area contributed by atoms with Crippen LogP contribution in [0.15, 0.2) is 16.9 Å². The van der Waals surface area contributed by atoms with Gasteiger partial charge in [0.15, 0.2) is 0 Å². The number of carbonyl (C=O) groups excluding carboxylic acids is 3. The average molecular weight is 580 g/mol. The molecule has 16 heteroatoms. The second kappa shape index (κ2) is 10.7. The number of hydrogen-bond acceptors (Lipinski definition) is 10. The summed E-state index contributed by atoms with van der Waals surface area (Å²) in [6.45, 7) is 6.06. The molecule has 1 aromatic heterocycles. The van der Waals surface area contributed by atoms with E-state index in [4.69, 9.17) is 5.73 Å². The number of nitrogens with two attached hydrogens (primary N) is 1. The molecule has 0 radical (unpaired) electrons. The predicted octanol–water partition coefficient (Wildman–Crippen LogP) is -1.30. The Bertz CT molecular complexity index is 1230. The Morgan fingerprint density at radius 1 is 1.35 bits per heavy atom. The molecule has 40 heavy (non-hydrogen) atoms. The number of nitrogens with zero attached hydrogens (tertiary/aromatic N) is 6. The summed E-state index contributed by atoms with van der Waals surface area (Å²) in [5, 5.41) is 26.5. The maximum atomic E-state index is 14.6. The van der Waals surface area contributed by atoms with Gasteiger partial charge in [-0.2, -0.15) is 0 Å². The first-order valence-electron chi connectivity index (χ1n) is 13.3. The van der Waals surface area contributed by atoms with E-state index in [0.29, 0.717) is 24.4 Å². The number of aliphatic carboxylic acids is 1. The lowest BCUT2D eigenvalue weighted by Crippen LogP contribution is -2.45. The van der Waals surface area contributed by atoms with Gasteiger partial charge in [0.1, 0.15) is 24.2 Å². The zero-order valence-corrected chi connectivity index (χ0v) is 23.3. The molecule has 14 nitrogen and oxygen atoms in total. The number of fused-ring (bicyclic) bond motifs is 1. The molecular weight excluding hydrogens is 545 g/mol. The van der Waals surface area contributed by atoms with Crippen LogP contribution in [0.5, 0.6) is 0 Å². The molecular formula is C24H34FN9O5S. The Morgan fingerprint density at radius 3 is 2.73 bits per heavy atom. The van der Waals surface area contributed by atoms with Gasteiger partial charge in [0.25, 0.3) is 0 Å². The average Bonchev–Trinajstić information content (AvgIpc) is 3.52. The standard InChI is InChI=1S/C24H34FN9O5S/c1-11(29-17(35)8-33-10-28-30-31-33)4-18(36)34-13(3)12(2)20(19(34)23(38)39)40-14-5-16(27-6-14)22(37)32-7-15-21(26)24(15,25)9-32/h10-16,21,27H,4-9,26H2,1-3H3,(H,29,35)(H,38,39)/t11-,12-,13+,14+,15?,16+,21?,24-/m1/s1. The number of aromatic nitrogens is 4. The van der Waals surface area contributed by atoms with Crippen LogP contribution in [0.3, 0.4) is 0 Å². The summed E-state index contributed by atoms with van der Waals surface area (Å²) < 4.78 is 15.8. The van der Waals surface area contributed by atoms with E-state index >= 15 is 0 Å². The van der Waals surface area contributed by atoms with E-state index in [1.165, 1.54) is 32.6 Å². The first kappa shape index (κ1) is 28.4.